The third kappa shape index (κ3) is 6.39. The van der Waals surface area contributed by atoms with E-state index in [4.69, 9.17) is 10.5 Å². The molecule has 0 saturated heterocycles. The summed E-state index contributed by atoms with van der Waals surface area (Å²) in [5.41, 5.74) is 6.92. The van der Waals surface area contributed by atoms with Gasteiger partial charge in [-0.1, -0.05) is 26.0 Å². The topological polar surface area (TPSA) is 35.2 Å². The Balaban J connectivity index is 2.23. The van der Waals surface area contributed by atoms with Gasteiger partial charge in [-0.2, -0.15) is 0 Å². The molecule has 2 nitrogen and oxygen atoms in total. The predicted molar refractivity (Wildman–Crippen MR) is 68.4 cm³/mol. The number of nitrogens with two attached hydrogens (primary N) is 1. The zero-order valence-corrected chi connectivity index (χ0v) is 10.7. The zero-order valence-electron chi connectivity index (χ0n) is 10.7. The van der Waals surface area contributed by atoms with Gasteiger partial charge in [0, 0.05) is 19.3 Å². The van der Waals surface area contributed by atoms with Gasteiger partial charge < -0.3 is 10.5 Å². The van der Waals surface area contributed by atoms with Gasteiger partial charge in [0.05, 0.1) is 0 Å². The first-order chi connectivity index (χ1) is 8.08. The minimum absolute atomic E-state index is 0.0314. The Morgan fingerprint density at radius 3 is 2.76 bits per heavy atom. The lowest BCUT2D eigenvalue weighted by Gasteiger charge is -2.12. The molecule has 0 heterocycles. The number of hydrogen-bond donors (Lipinski definition) is 1. The summed E-state index contributed by atoms with van der Waals surface area (Å²) in [6, 6.07) is 6.63. The maximum atomic E-state index is 12.9. The Morgan fingerprint density at radius 1 is 1.35 bits per heavy atom. The number of hydrogen-bond acceptors (Lipinski definition) is 2. The standard InChI is InChI=1S/C14H22FNO/c1-11(2)10-17-7-6-14(16)9-12-4-3-5-13(15)8-12/h3-5,8,11,14H,6-7,9-10,16H2,1-2H3. The Kier molecular flexibility index (Phi) is 6.16. The van der Waals surface area contributed by atoms with Gasteiger partial charge in [0.15, 0.2) is 0 Å². The first kappa shape index (κ1) is 14.1. The minimum Gasteiger partial charge on any atom is -0.381 e. The summed E-state index contributed by atoms with van der Waals surface area (Å²) in [5, 5.41) is 0. The number of halogens is 1. The molecule has 0 aromatic heterocycles. The number of benzene rings is 1. The fraction of sp³-hybridized carbons (Fsp3) is 0.571. The third-order valence-electron chi connectivity index (χ3n) is 2.47. The van der Waals surface area contributed by atoms with E-state index in [-0.39, 0.29) is 11.9 Å². The summed E-state index contributed by atoms with van der Waals surface area (Å²) in [6.45, 7) is 5.68. The molecule has 1 atom stereocenters. The van der Waals surface area contributed by atoms with Gasteiger partial charge >= 0.3 is 0 Å². The van der Waals surface area contributed by atoms with E-state index in [1.54, 1.807) is 6.07 Å². The van der Waals surface area contributed by atoms with Crippen LogP contribution < -0.4 is 5.73 Å². The van der Waals surface area contributed by atoms with Crippen molar-refractivity contribution >= 4 is 0 Å². The van der Waals surface area contributed by atoms with Crippen LogP contribution in [-0.4, -0.2) is 19.3 Å². The quantitative estimate of drug-likeness (QED) is 0.743. The van der Waals surface area contributed by atoms with Crippen LogP contribution in [0.25, 0.3) is 0 Å². The van der Waals surface area contributed by atoms with Crippen molar-refractivity contribution in [2.75, 3.05) is 13.2 Å². The van der Waals surface area contributed by atoms with E-state index < -0.39 is 0 Å². The van der Waals surface area contributed by atoms with Crippen molar-refractivity contribution in [1.82, 2.24) is 0 Å². The second kappa shape index (κ2) is 7.41. The highest BCUT2D eigenvalue weighted by Crippen LogP contribution is 2.07. The van der Waals surface area contributed by atoms with E-state index in [1.165, 1.54) is 12.1 Å². The first-order valence-corrected chi connectivity index (χ1v) is 6.15. The maximum absolute atomic E-state index is 12.9. The average Bonchev–Trinajstić information content (AvgIpc) is 2.24. The van der Waals surface area contributed by atoms with Crippen LogP contribution in [0.4, 0.5) is 4.39 Å². The van der Waals surface area contributed by atoms with Gasteiger partial charge in [-0.05, 0) is 36.5 Å². The Bertz CT molecular complexity index is 328. The molecule has 0 aliphatic rings. The molecule has 0 aliphatic carbocycles. The fourth-order valence-corrected chi connectivity index (χ4v) is 1.62. The fourth-order valence-electron chi connectivity index (χ4n) is 1.62. The lowest BCUT2D eigenvalue weighted by atomic mass is 10.0. The van der Waals surface area contributed by atoms with Crippen LogP contribution in [0.15, 0.2) is 24.3 Å². The van der Waals surface area contributed by atoms with Crippen molar-refractivity contribution in [1.29, 1.82) is 0 Å². The molecule has 0 radical (unpaired) electrons. The molecule has 0 fully saturated rings. The summed E-state index contributed by atoms with van der Waals surface area (Å²) in [4.78, 5) is 0. The van der Waals surface area contributed by atoms with Crippen molar-refractivity contribution in [3.63, 3.8) is 0 Å². The molecule has 0 saturated carbocycles. The van der Waals surface area contributed by atoms with Crippen LogP contribution in [0, 0.1) is 11.7 Å². The van der Waals surface area contributed by atoms with E-state index in [0.717, 1.165) is 18.6 Å². The normalized spacial score (nSPS) is 13.0. The Morgan fingerprint density at radius 2 is 2.12 bits per heavy atom. The summed E-state index contributed by atoms with van der Waals surface area (Å²) < 4.78 is 18.4. The first-order valence-electron chi connectivity index (χ1n) is 6.15. The molecule has 1 rings (SSSR count). The van der Waals surface area contributed by atoms with Crippen LogP contribution in [0.2, 0.25) is 0 Å². The van der Waals surface area contributed by atoms with Gasteiger partial charge in [-0.25, -0.2) is 4.39 Å². The van der Waals surface area contributed by atoms with Crippen molar-refractivity contribution < 1.29 is 9.13 Å². The highest BCUT2D eigenvalue weighted by Gasteiger charge is 2.05. The van der Waals surface area contributed by atoms with Crippen LogP contribution >= 0.6 is 0 Å². The molecule has 1 unspecified atom stereocenters. The molecule has 96 valence electrons. The second-order valence-electron chi connectivity index (χ2n) is 4.85. The van der Waals surface area contributed by atoms with Crippen molar-refractivity contribution in [2.45, 2.75) is 32.7 Å². The van der Waals surface area contributed by atoms with Gasteiger partial charge in [-0.15, -0.1) is 0 Å². The molecule has 2 N–H and O–H groups in total. The third-order valence-corrected chi connectivity index (χ3v) is 2.47. The monoisotopic (exact) mass is 239 g/mol. The highest BCUT2D eigenvalue weighted by atomic mass is 19.1. The van der Waals surface area contributed by atoms with Crippen molar-refractivity contribution in [3.05, 3.63) is 35.6 Å². The highest BCUT2D eigenvalue weighted by molar-refractivity contribution is 5.17. The molecular formula is C14H22FNO. The van der Waals surface area contributed by atoms with E-state index in [0.29, 0.717) is 18.9 Å². The van der Waals surface area contributed by atoms with Crippen LogP contribution in [0.5, 0.6) is 0 Å². The molecular weight excluding hydrogens is 217 g/mol. The van der Waals surface area contributed by atoms with Gasteiger partial charge in [0.2, 0.25) is 0 Å². The molecule has 17 heavy (non-hydrogen) atoms. The van der Waals surface area contributed by atoms with E-state index in [2.05, 4.69) is 13.8 Å². The summed E-state index contributed by atoms with van der Waals surface area (Å²) >= 11 is 0. The summed E-state index contributed by atoms with van der Waals surface area (Å²) in [7, 11) is 0. The van der Waals surface area contributed by atoms with Gasteiger partial charge in [0.25, 0.3) is 0 Å². The molecule has 3 heteroatoms. The van der Waals surface area contributed by atoms with Crippen molar-refractivity contribution in [2.24, 2.45) is 11.7 Å². The van der Waals surface area contributed by atoms with E-state index >= 15 is 0 Å². The molecule has 0 aliphatic heterocycles. The largest absolute Gasteiger partial charge is 0.381 e. The van der Waals surface area contributed by atoms with Crippen LogP contribution in [0.3, 0.4) is 0 Å². The lowest BCUT2D eigenvalue weighted by molar-refractivity contribution is 0.104. The van der Waals surface area contributed by atoms with E-state index in [1.807, 2.05) is 6.07 Å². The van der Waals surface area contributed by atoms with Crippen molar-refractivity contribution in [3.8, 4) is 0 Å². The zero-order chi connectivity index (χ0) is 12.7. The van der Waals surface area contributed by atoms with Gasteiger partial charge in [0.1, 0.15) is 5.82 Å². The van der Waals surface area contributed by atoms with E-state index in [9.17, 15) is 4.39 Å². The molecule has 1 aromatic rings. The van der Waals surface area contributed by atoms with Crippen LogP contribution in [0.1, 0.15) is 25.8 Å². The Labute approximate surface area is 103 Å². The maximum Gasteiger partial charge on any atom is 0.123 e. The second-order valence-corrected chi connectivity index (χ2v) is 4.85. The SMILES string of the molecule is CC(C)COCCC(N)Cc1cccc(F)c1. The molecule has 0 spiro atoms. The smallest absolute Gasteiger partial charge is 0.123 e. The molecule has 1 aromatic carbocycles. The molecule has 0 amide bonds. The predicted octanol–water partition coefficient (Wildman–Crippen LogP) is 2.76. The number of ether oxygens (including phenoxy) is 1. The number of rotatable bonds is 7. The summed E-state index contributed by atoms with van der Waals surface area (Å²) in [6.07, 6.45) is 1.51. The van der Waals surface area contributed by atoms with Gasteiger partial charge in [-0.3, -0.25) is 0 Å². The van der Waals surface area contributed by atoms with Crippen LogP contribution in [-0.2, 0) is 11.2 Å². The minimum atomic E-state index is -0.203. The summed E-state index contributed by atoms with van der Waals surface area (Å²) in [5.74, 6) is 0.347. The lowest BCUT2D eigenvalue weighted by Crippen LogP contribution is -2.25. The molecule has 0 bridgehead atoms. The average molecular weight is 239 g/mol. The Hall–Kier alpha value is -0.930.